The number of benzene rings is 1. The molecule has 0 heterocycles. The van der Waals surface area contributed by atoms with Crippen LogP contribution in [0.2, 0.25) is 0 Å². The highest BCUT2D eigenvalue weighted by Gasteiger charge is 2.15. The maximum atomic E-state index is 10.6. The van der Waals surface area contributed by atoms with Gasteiger partial charge in [0.1, 0.15) is 4.90 Å². The second kappa shape index (κ2) is 2.87. The average molecular weight is 205 g/mol. The van der Waals surface area contributed by atoms with Crippen molar-refractivity contribution in [1.29, 1.82) is 0 Å². The van der Waals surface area contributed by atoms with Crippen LogP contribution in [-0.4, -0.2) is 18.1 Å². The Morgan fingerprint density at radius 2 is 1.92 bits per heavy atom. The van der Waals surface area contributed by atoms with E-state index in [4.69, 9.17) is 15.4 Å². The molecule has 0 aliphatic heterocycles. The monoisotopic (exact) mass is 205 g/mol. The summed E-state index contributed by atoms with van der Waals surface area (Å²) in [4.78, 5) is -0.382. The first kappa shape index (κ1) is 9.78. The number of aromatic hydroxyl groups is 1. The lowest BCUT2D eigenvalue weighted by Crippen LogP contribution is -2.40. The van der Waals surface area contributed by atoms with Gasteiger partial charge in [0.2, 0.25) is 5.75 Å². The predicted octanol–water partition coefficient (Wildman–Crippen LogP) is -0.906. The van der Waals surface area contributed by atoms with Crippen LogP contribution >= 0.6 is 0 Å². The third-order valence-corrected chi connectivity index (χ3v) is 2.32. The van der Waals surface area contributed by atoms with Crippen molar-refractivity contribution in [1.82, 2.24) is 0 Å². The highest BCUT2D eigenvalue weighted by atomic mass is 32.2. The number of phenols is 1. The molecule has 7 heteroatoms. The summed E-state index contributed by atoms with van der Waals surface area (Å²) >= 11 is 0. The van der Waals surface area contributed by atoms with Gasteiger partial charge in [0.15, 0.2) is 5.69 Å². The molecule has 1 aromatic carbocycles. The van der Waals surface area contributed by atoms with Crippen LogP contribution in [0.25, 0.3) is 0 Å². The Morgan fingerprint density at radius 1 is 1.38 bits per heavy atom. The molecule has 0 bridgehead atoms. The van der Waals surface area contributed by atoms with Crippen LogP contribution in [0.15, 0.2) is 17.0 Å². The molecule has 0 aliphatic rings. The van der Waals surface area contributed by atoms with Gasteiger partial charge < -0.3 is 16.6 Å². The number of phenolic OH excluding ortho intramolecular Hbond substituents is 1. The molecule has 0 saturated heterocycles. The molecule has 0 saturated carbocycles. The van der Waals surface area contributed by atoms with Crippen molar-refractivity contribution in [2.45, 2.75) is 4.90 Å². The third kappa shape index (κ3) is 1.89. The zero-order valence-electron chi connectivity index (χ0n) is 6.56. The Hall–Kier alpha value is -1.31. The number of anilines is 1. The second-order valence-electron chi connectivity index (χ2n) is 2.50. The number of quaternary nitrogens is 1. The van der Waals surface area contributed by atoms with Gasteiger partial charge in [-0.3, -0.25) is 4.55 Å². The number of rotatable bonds is 1. The van der Waals surface area contributed by atoms with E-state index in [2.05, 4.69) is 5.73 Å². The van der Waals surface area contributed by atoms with Gasteiger partial charge in [0, 0.05) is 6.07 Å². The van der Waals surface area contributed by atoms with E-state index in [9.17, 15) is 8.42 Å². The first-order valence-corrected chi connectivity index (χ1v) is 4.68. The van der Waals surface area contributed by atoms with Crippen LogP contribution in [0.1, 0.15) is 0 Å². The molecular weight excluding hydrogens is 196 g/mol. The molecule has 0 radical (unpaired) electrons. The lowest BCUT2D eigenvalue weighted by atomic mass is 10.2. The van der Waals surface area contributed by atoms with Crippen LogP contribution in [0, 0.1) is 0 Å². The lowest BCUT2D eigenvalue weighted by Gasteiger charge is -2.02. The minimum atomic E-state index is -4.30. The number of nitrogens with two attached hydrogens (primary N) is 1. The lowest BCUT2D eigenvalue weighted by molar-refractivity contribution is -0.256. The van der Waals surface area contributed by atoms with E-state index >= 15 is 0 Å². The summed E-state index contributed by atoms with van der Waals surface area (Å²) in [5, 5.41) is 9.13. The highest BCUT2D eigenvalue weighted by Crippen LogP contribution is 2.29. The normalized spacial score (nSPS) is 11.5. The van der Waals surface area contributed by atoms with Gasteiger partial charge in [-0.15, -0.1) is 0 Å². The van der Waals surface area contributed by atoms with Gasteiger partial charge in [-0.2, -0.15) is 8.42 Å². The highest BCUT2D eigenvalue weighted by molar-refractivity contribution is 7.85. The standard InChI is InChI=1S/C6H8N2O4S/c7-4-1-3(13(10,11)12)2-5(8)6(4)9/h1-2,9H,7-8H2,(H,10,11,12)/p+1. The van der Waals surface area contributed by atoms with E-state index in [1.54, 1.807) is 0 Å². The number of nitrogen functional groups attached to an aromatic ring is 1. The molecule has 1 rings (SSSR count). The van der Waals surface area contributed by atoms with Crippen LogP contribution in [0.5, 0.6) is 5.75 Å². The fourth-order valence-electron chi connectivity index (χ4n) is 0.838. The van der Waals surface area contributed by atoms with Crippen molar-refractivity contribution in [3.63, 3.8) is 0 Å². The summed E-state index contributed by atoms with van der Waals surface area (Å²) in [6, 6.07) is 1.99. The van der Waals surface area contributed by atoms with Gasteiger partial charge >= 0.3 is 0 Å². The summed E-state index contributed by atoms with van der Waals surface area (Å²) in [6.07, 6.45) is 0. The molecule has 0 aromatic heterocycles. The van der Waals surface area contributed by atoms with E-state index in [-0.39, 0.29) is 22.0 Å². The van der Waals surface area contributed by atoms with E-state index in [0.29, 0.717) is 0 Å². The zero-order chi connectivity index (χ0) is 10.2. The van der Waals surface area contributed by atoms with Crippen molar-refractivity contribution in [2.75, 3.05) is 5.73 Å². The van der Waals surface area contributed by atoms with E-state index < -0.39 is 10.1 Å². The van der Waals surface area contributed by atoms with E-state index in [1.165, 1.54) is 0 Å². The molecule has 0 amide bonds. The van der Waals surface area contributed by atoms with Crippen molar-refractivity contribution < 1.29 is 23.8 Å². The van der Waals surface area contributed by atoms with Gasteiger partial charge in [0.25, 0.3) is 10.1 Å². The van der Waals surface area contributed by atoms with Gasteiger partial charge in [-0.05, 0) is 6.07 Å². The Balaban J connectivity index is 3.47. The minimum Gasteiger partial charge on any atom is -0.501 e. The van der Waals surface area contributed by atoms with Crippen molar-refractivity contribution in [3.05, 3.63) is 12.1 Å². The minimum absolute atomic E-state index is 0.0487. The quantitative estimate of drug-likeness (QED) is 0.268. The summed E-state index contributed by atoms with van der Waals surface area (Å²) in [7, 11) is -4.30. The SMILES string of the molecule is Nc1cc(S(=O)(=O)O)cc([NH3+])c1O. The van der Waals surface area contributed by atoms with Crippen LogP contribution in [0.4, 0.5) is 11.4 Å². The maximum Gasteiger partial charge on any atom is 0.294 e. The van der Waals surface area contributed by atoms with E-state index in [1.807, 2.05) is 0 Å². The van der Waals surface area contributed by atoms with Gasteiger partial charge in [0.05, 0.1) is 5.69 Å². The van der Waals surface area contributed by atoms with Crippen LogP contribution < -0.4 is 11.5 Å². The first-order chi connectivity index (χ1) is 5.82. The summed E-state index contributed by atoms with van der Waals surface area (Å²) < 4.78 is 29.9. The summed E-state index contributed by atoms with van der Waals surface area (Å²) in [5.74, 6) is -0.285. The first-order valence-electron chi connectivity index (χ1n) is 3.24. The van der Waals surface area contributed by atoms with Crippen molar-refractivity contribution in [2.24, 2.45) is 0 Å². The average Bonchev–Trinajstić information content (AvgIpc) is 1.97. The molecule has 1 aromatic rings. The number of hydrogen-bond acceptors (Lipinski definition) is 4. The molecule has 0 fully saturated rings. The summed E-state index contributed by atoms with van der Waals surface area (Å²) in [5.41, 5.74) is 8.51. The third-order valence-electron chi connectivity index (χ3n) is 1.49. The predicted molar refractivity (Wildman–Crippen MR) is 44.9 cm³/mol. The molecular formula is C6H9N2O4S+. The Morgan fingerprint density at radius 3 is 2.31 bits per heavy atom. The molecule has 0 unspecified atom stereocenters. The smallest absolute Gasteiger partial charge is 0.294 e. The fraction of sp³-hybridized carbons (Fsp3) is 0. The molecule has 0 aliphatic carbocycles. The Bertz CT molecular complexity index is 417. The van der Waals surface area contributed by atoms with Gasteiger partial charge in [-0.25, -0.2) is 0 Å². The van der Waals surface area contributed by atoms with Crippen molar-refractivity contribution >= 4 is 21.5 Å². The summed E-state index contributed by atoms with van der Waals surface area (Å²) in [6.45, 7) is 0. The number of hydrogen-bond donors (Lipinski definition) is 4. The molecule has 13 heavy (non-hydrogen) atoms. The van der Waals surface area contributed by atoms with Gasteiger partial charge in [-0.1, -0.05) is 0 Å². The Labute approximate surface area is 74.5 Å². The largest absolute Gasteiger partial charge is 0.501 e. The van der Waals surface area contributed by atoms with Crippen LogP contribution in [0.3, 0.4) is 0 Å². The fourth-order valence-corrected chi connectivity index (χ4v) is 1.40. The van der Waals surface area contributed by atoms with E-state index in [0.717, 1.165) is 12.1 Å². The molecule has 0 spiro atoms. The molecule has 6 nitrogen and oxygen atoms in total. The second-order valence-corrected chi connectivity index (χ2v) is 3.92. The molecule has 72 valence electrons. The van der Waals surface area contributed by atoms with Crippen LogP contribution in [-0.2, 0) is 10.1 Å². The maximum absolute atomic E-state index is 10.6. The van der Waals surface area contributed by atoms with Crippen molar-refractivity contribution in [3.8, 4) is 5.75 Å². The zero-order valence-corrected chi connectivity index (χ0v) is 7.37. The molecule has 0 atom stereocenters. The Kier molecular flexibility index (Phi) is 2.16. The topological polar surface area (TPSA) is 128 Å². The molecule has 7 N–H and O–H groups in total.